The Labute approximate surface area is 209 Å². The van der Waals surface area contributed by atoms with Crippen molar-refractivity contribution >= 4 is 0 Å². The fraction of sp³-hybridized carbons (Fsp3) is 0.407. The summed E-state index contributed by atoms with van der Waals surface area (Å²) in [6, 6.07) is 15.6. The van der Waals surface area contributed by atoms with Gasteiger partial charge in [0.05, 0.1) is 6.54 Å². The number of nitrogens with one attached hydrogen (secondary N) is 1. The highest BCUT2D eigenvalue weighted by molar-refractivity contribution is 5.80. The van der Waals surface area contributed by atoms with Crippen molar-refractivity contribution in [3.05, 3.63) is 76.0 Å². The summed E-state index contributed by atoms with van der Waals surface area (Å²) in [7, 11) is 0. The van der Waals surface area contributed by atoms with Gasteiger partial charge in [-0.3, -0.25) is 9.13 Å². The molecule has 0 amide bonds. The number of benzene rings is 2. The summed E-state index contributed by atoms with van der Waals surface area (Å²) in [5.41, 5.74) is 3.64. The molecular formula is C27H32F2N6O. The molecule has 7 nitrogen and oxygen atoms in total. The van der Waals surface area contributed by atoms with E-state index in [0.717, 1.165) is 35.1 Å². The number of halogens is 2. The number of hydrogen-bond acceptors (Lipinski definition) is 4. The quantitative estimate of drug-likeness (QED) is 0.283. The van der Waals surface area contributed by atoms with Gasteiger partial charge in [-0.05, 0) is 52.3 Å². The van der Waals surface area contributed by atoms with Crippen molar-refractivity contribution in [3.8, 4) is 22.5 Å². The molecule has 0 radical (unpaired) electrons. The third kappa shape index (κ3) is 5.45. The first-order chi connectivity index (χ1) is 17.4. The van der Waals surface area contributed by atoms with Crippen LogP contribution < -0.4 is 5.69 Å². The second kappa shape index (κ2) is 11.4. The molecule has 36 heavy (non-hydrogen) atoms. The Morgan fingerprint density at radius 3 is 2.33 bits per heavy atom. The van der Waals surface area contributed by atoms with Crippen molar-refractivity contribution in [2.24, 2.45) is 5.92 Å². The van der Waals surface area contributed by atoms with E-state index in [-0.39, 0.29) is 17.9 Å². The molecule has 0 saturated heterocycles. The van der Waals surface area contributed by atoms with E-state index in [2.05, 4.69) is 34.5 Å². The van der Waals surface area contributed by atoms with E-state index in [1.54, 1.807) is 4.57 Å². The van der Waals surface area contributed by atoms with E-state index in [9.17, 15) is 13.6 Å². The molecule has 4 rings (SSSR count). The Morgan fingerprint density at radius 2 is 1.72 bits per heavy atom. The van der Waals surface area contributed by atoms with Gasteiger partial charge in [0.15, 0.2) is 5.82 Å². The predicted octanol–water partition coefficient (Wildman–Crippen LogP) is 5.87. The monoisotopic (exact) mass is 494 g/mol. The van der Waals surface area contributed by atoms with Gasteiger partial charge < -0.3 is 0 Å². The van der Waals surface area contributed by atoms with Crippen molar-refractivity contribution in [1.82, 2.24) is 29.8 Å². The Hall–Kier alpha value is -3.62. The Bertz CT molecular complexity index is 1320. The van der Waals surface area contributed by atoms with Crippen molar-refractivity contribution < 1.29 is 8.78 Å². The van der Waals surface area contributed by atoms with E-state index >= 15 is 0 Å². The highest BCUT2D eigenvalue weighted by Gasteiger charge is 2.26. The van der Waals surface area contributed by atoms with Gasteiger partial charge in [-0.1, -0.05) is 75.7 Å². The summed E-state index contributed by atoms with van der Waals surface area (Å²) in [4.78, 5) is 13.3. The molecule has 2 heterocycles. The zero-order chi connectivity index (χ0) is 25.7. The SMILES string of the molecule is CCCCn1c(C(F)F)c(CCC(C)C)n(Cc2ccc(-c3ccccc3-c3nnn[nH]3)cc2)c1=O. The normalized spacial score (nSPS) is 11.6. The summed E-state index contributed by atoms with van der Waals surface area (Å²) in [6.45, 7) is 6.66. The number of H-pyrrole nitrogens is 1. The molecule has 0 aliphatic carbocycles. The molecule has 2 aromatic carbocycles. The van der Waals surface area contributed by atoms with E-state index < -0.39 is 6.43 Å². The predicted molar refractivity (Wildman–Crippen MR) is 136 cm³/mol. The van der Waals surface area contributed by atoms with Crippen molar-refractivity contribution in [2.45, 2.75) is 66.0 Å². The summed E-state index contributed by atoms with van der Waals surface area (Å²) in [5, 5.41) is 14.2. The molecule has 0 aliphatic rings. The van der Waals surface area contributed by atoms with Crippen LogP contribution in [0.3, 0.4) is 0 Å². The standard InChI is InChI=1S/C27H32F2N6O/c1-4-5-16-34-24(25(28)29)23(15-10-18(2)3)35(27(34)36)17-19-11-13-20(14-12-19)21-8-6-7-9-22(21)26-30-32-33-31-26/h6-9,11-14,18,25H,4-5,10,15-17H2,1-3H3,(H,30,31,32,33). The number of imidazole rings is 1. The third-order valence-electron chi connectivity index (χ3n) is 6.41. The van der Waals surface area contributed by atoms with Crippen LogP contribution in [-0.2, 0) is 19.5 Å². The second-order valence-corrected chi connectivity index (χ2v) is 9.43. The Morgan fingerprint density at radius 1 is 1.00 bits per heavy atom. The maximum absolute atomic E-state index is 14.2. The first kappa shape index (κ1) is 25.5. The first-order valence-electron chi connectivity index (χ1n) is 12.4. The van der Waals surface area contributed by atoms with Crippen LogP contribution in [-0.4, -0.2) is 29.8 Å². The van der Waals surface area contributed by atoms with E-state index in [1.807, 2.05) is 55.5 Å². The van der Waals surface area contributed by atoms with Crippen LogP contribution >= 0.6 is 0 Å². The minimum absolute atomic E-state index is 0.125. The number of unbranched alkanes of at least 4 members (excludes halogenated alkanes) is 1. The summed E-state index contributed by atoms with van der Waals surface area (Å²) in [6.07, 6.45) is 0.00454. The van der Waals surface area contributed by atoms with Gasteiger partial charge >= 0.3 is 5.69 Å². The lowest BCUT2D eigenvalue weighted by atomic mass is 9.98. The topological polar surface area (TPSA) is 81.4 Å². The fourth-order valence-corrected chi connectivity index (χ4v) is 4.47. The first-order valence-corrected chi connectivity index (χ1v) is 12.4. The fourth-order valence-electron chi connectivity index (χ4n) is 4.47. The molecule has 0 fully saturated rings. The molecule has 0 spiro atoms. The lowest BCUT2D eigenvalue weighted by Gasteiger charge is -2.12. The zero-order valence-electron chi connectivity index (χ0n) is 20.9. The highest BCUT2D eigenvalue weighted by Crippen LogP contribution is 2.30. The molecule has 4 aromatic rings. The molecule has 0 saturated carbocycles. The van der Waals surface area contributed by atoms with Crippen LogP contribution in [0.25, 0.3) is 22.5 Å². The van der Waals surface area contributed by atoms with E-state index in [0.29, 0.717) is 36.8 Å². The zero-order valence-corrected chi connectivity index (χ0v) is 20.9. The number of aromatic amines is 1. The van der Waals surface area contributed by atoms with Gasteiger partial charge in [0.2, 0.25) is 0 Å². The molecule has 190 valence electrons. The van der Waals surface area contributed by atoms with Crippen molar-refractivity contribution in [1.29, 1.82) is 0 Å². The van der Waals surface area contributed by atoms with Gasteiger partial charge in [-0.2, -0.15) is 0 Å². The van der Waals surface area contributed by atoms with Gasteiger partial charge in [-0.25, -0.2) is 18.7 Å². The number of hydrogen-bond donors (Lipinski definition) is 1. The van der Waals surface area contributed by atoms with Crippen LogP contribution in [0, 0.1) is 5.92 Å². The smallest absolute Gasteiger partial charge is 0.291 e. The van der Waals surface area contributed by atoms with Crippen LogP contribution in [0.5, 0.6) is 0 Å². The van der Waals surface area contributed by atoms with Crippen molar-refractivity contribution in [3.63, 3.8) is 0 Å². The molecule has 2 aromatic heterocycles. The molecule has 1 N–H and O–H groups in total. The number of rotatable bonds is 11. The Kier molecular flexibility index (Phi) is 8.07. The van der Waals surface area contributed by atoms with Gasteiger partial charge in [0, 0.05) is 17.8 Å². The summed E-state index contributed by atoms with van der Waals surface area (Å²) < 4.78 is 31.2. The highest BCUT2D eigenvalue weighted by atomic mass is 19.3. The summed E-state index contributed by atoms with van der Waals surface area (Å²) >= 11 is 0. The molecule has 0 atom stereocenters. The Balaban J connectivity index is 1.69. The minimum Gasteiger partial charge on any atom is -0.291 e. The van der Waals surface area contributed by atoms with Crippen LogP contribution in [0.1, 0.15) is 63.4 Å². The number of alkyl halides is 2. The molecule has 9 heteroatoms. The van der Waals surface area contributed by atoms with Crippen LogP contribution in [0.2, 0.25) is 0 Å². The maximum Gasteiger partial charge on any atom is 0.329 e. The lowest BCUT2D eigenvalue weighted by molar-refractivity contribution is 0.138. The lowest BCUT2D eigenvalue weighted by Crippen LogP contribution is -2.26. The average molecular weight is 495 g/mol. The van der Waals surface area contributed by atoms with Gasteiger partial charge in [0.25, 0.3) is 6.43 Å². The molecule has 0 aliphatic heterocycles. The third-order valence-corrected chi connectivity index (χ3v) is 6.41. The maximum atomic E-state index is 14.2. The van der Waals surface area contributed by atoms with E-state index in [4.69, 9.17) is 0 Å². The summed E-state index contributed by atoms with van der Waals surface area (Å²) in [5.74, 6) is 0.918. The number of tetrazole rings is 1. The largest absolute Gasteiger partial charge is 0.329 e. The number of aromatic nitrogens is 6. The van der Waals surface area contributed by atoms with Crippen molar-refractivity contribution in [2.75, 3.05) is 0 Å². The number of nitrogens with zero attached hydrogens (tertiary/aromatic N) is 5. The van der Waals surface area contributed by atoms with Gasteiger partial charge in [-0.15, -0.1) is 5.10 Å². The van der Waals surface area contributed by atoms with E-state index in [1.165, 1.54) is 4.57 Å². The van der Waals surface area contributed by atoms with Crippen LogP contribution in [0.15, 0.2) is 53.3 Å². The van der Waals surface area contributed by atoms with Gasteiger partial charge in [0.1, 0.15) is 5.69 Å². The second-order valence-electron chi connectivity index (χ2n) is 9.43. The molecule has 0 unspecified atom stereocenters. The molecule has 0 bridgehead atoms. The minimum atomic E-state index is -2.69. The average Bonchev–Trinajstić information content (AvgIpc) is 3.49. The molecular weight excluding hydrogens is 462 g/mol. The van der Waals surface area contributed by atoms with Crippen LogP contribution in [0.4, 0.5) is 8.78 Å².